The average molecular weight is 327 g/mol. The summed E-state index contributed by atoms with van der Waals surface area (Å²) in [6.07, 6.45) is -11.3. The molecule has 2 aliphatic rings. The summed E-state index contributed by atoms with van der Waals surface area (Å²) in [5, 5.41) is 28.6. The van der Waals surface area contributed by atoms with E-state index in [0.29, 0.717) is 11.1 Å². The van der Waals surface area contributed by atoms with E-state index < -0.39 is 54.3 Å². The summed E-state index contributed by atoms with van der Waals surface area (Å²) in [6, 6.07) is 0. The number of hydrogen-bond acceptors (Lipinski definition) is 7. The molecule has 4 atom stereocenters. The molecule has 124 valence electrons. The number of aliphatic imine (C=N–C) groups is 1. The van der Waals surface area contributed by atoms with Gasteiger partial charge in [0.05, 0.1) is 6.61 Å². The van der Waals surface area contributed by atoms with Crippen LogP contribution in [0.2, 0.25) is 0 Å². The van der Waals surface area contributed by atoms with Crippen molar-refractivity contribution in [2.75, 3.05) is 6.61 Å². The Morgan fingerprint density at radius 2 is 2.09 bits per heavy atom. The van der Waals surface area contributed by atoms with Crippen LogP contribution in [-0.2, 0) is 4.74 Å². The highest BCUT2D eigenvalue weighted by Gasteiger charge is 2.71. The average Bonchev–Trinajstić information content (AvgIpc) is 2.67. The molecule has 2 rings (SSSR count). The Bertz CT molecular complexity index is 550. The van der Waals surface area contributed by atoms with Crippen molar-refractivity contribution in [2.24, 2.45) is 10.7 Å². The van der Waals surface area contributed by atoms with Crippen LogP contribution in [0.15, 0.2) is 29.4 Å². The molecule has 1 unspecified atom stereocenters. The molecule has 5 N–H and O–H groups in total. The minimum atomic E-state index is -5.34. The molecule has 2 heterocycles. The molecule has 0 bridgehead atoms. The van der Waals surface area contributed by atoms with Gasteiger partial charge >= 0.3 is 6.18 Å². The molecular formula is C11H13F4N3O4. The van der Waals surface area contributed by atoms with Crippen LogP contribution in [0.1, 0.15) is 0 Å². The van der Waals surface area contributed by atoms with Crippen LogP contribution < -0.4 is 5.73 Å². The third-order valence-corrected chi connectivity index (χ3v) is 3.41. The van der Waals surface area contributed by atoms with Crippen LogP contribution in [0.25, 0.3) is 0 Å². The number of nitrogens with two attached hydrogens (primary N) is 1. The van der Waals surface area contributed by atoms with E-state index in [1.807, 2.05) is 0 Å². The zero-order valence-electron chi connectivity index (χ0n) is 11.0. The van der Waals surface area contributed by atoms with Gasteiger partial charge in [-0.2, -0.15) is 13.2 Å². The van der Waals surface area contributed by atoms with Crippen LogP contribution in [0.4, 0.5) is 17.6 Å². The van der Waals surface area contributed by atoms with Crippen molar-refractivity contribution < 1.29 is 37.6 Å². The van der Waals surface area contributed by atoms with Gasteiger partial charge in [0.1, 0.15) is 18.0 Å². The van der Waals surface area contributed by atoms with Gasteiger partial charge in [0.2, 0.25) is 5.60 Å². The monoisotopic (exact) mass is 327 g/mol. The highest BCUT2D eigenvalue weighted by molar-refractivity contribution is 5.96. The summed E-state index contributed by atoms with van der Waals surface area (Å²) in [6.45, 7) is 2.30. The van der Waals surface area contributed by atoms with Crippen molar-refractivity contribution >= 4 is 5.84 Å². The molecule has 1 fully saturated rings. The summed E-state index contributed by atoms with van der Waals surface area (Å²) in [5.74, 6) is -2.20. The van der Waals surface area contributed by atoms with Crippen molar-refractivity contribution in [3.63, 3.8) is 0 Å². The first kappa shape index (κ1) is 16.7. The number of nitrogens with zero attached hydrogens (tertiary/aromatic N) is 2. The van der Waals surface area contributed by atoms with Gasteiger partial charge in [-0.3, -0.25) is 0 Å². The first-order chi connectivity index (χ1) is 10.0. The Morgan fingerprint density at radius 3 is 2.59 bits per heavy atom. The molecule has 0 aromatic rings. The van der Waals surface area contributed by atoms with Crippen LogP contribution in [0.5, 0.6) is 0 Å². The van der Waals surface area contributed by atoms with Gasteiger partial charge in [-0.05, 0) is 0 Å². The fraction of sp³-hybridized carbons (Fsp3) is 0.545. The van der Waals surface area contributed by atoms with E-state index in [9.17, 15) is 27.8 Å². The van der Waals surface area contributed by atoms with Gasteiger partial charge in [0.15, 0.2) is 17.9 Å². The van der Waals surface area contributed by atoms with Crippen molar-refractivity contribution in [3.8, 4) is 0 Å². The fourth-order valence-electron chi connectivity index (χ4n) is 2.22. The van der Waals surface area contributed by atoms with Gasteiger partial charge in [-0.25, -0.2) is 9.38 Å². The Hall–Kier alpha value is -1.69. The second kappa shape index (κ2) is 5.19. The fourth-order valence-corrected chi connectivity index (χ4v) is 2.22. The predicted molar refractivity (Wildman–Crippen MR) is 64.6 cm³/mol. The van der Waals surface area contributed by atoms with E-state index in [1.165, 1.54) is 0 Å². The molecule has 0 aromatic heterocycles. The zero-order valence-corrected chi connectivity index (χ0v) is 11.0. The normalized spacial score (nSPS) is 36.4. The molecule has 22 heavy (non-hydrogen) atoms. The number of ether oxygens (including phenoxy) is 1. The Kier molecular flexibility index (Phi) is 3.94. The minimum absolute atomic E-state index is 0.433. The minimum Gasteiger partial charge on any atom is -0.394 e. The summed E-state index contributed by atoms with van der Waals surface area (Å²) in [5.41, 5.74) is 1.38. The van der Waals surface area contributed by atoms with Crippen LogP contribution in [-0.4, -0.2) is 62.9 Å². The number of alkyl halides is 3. The number of halogens is 4. The van der Waals surface area contributed by atoms with E-state index in [2.05, 4.69) is 11.6 Å². The topological polar surface area (TPSA) is 112 Å². The maximum Gasteiger partial charge on any atom is 0.424 e. The van der Waals surface area contributed by atoms with E-state index in [4.69, 9.17) is 15.6 Å². The quantitative estimate of drug-likeness (QED) is 0.500. The van der Waals surface area contributed by atoms with E-state index in [1.54, 1.807) is 0 Å². The maximum atomic E-state index is 13.5. The van der Waals surface area contributed by atoms with Crippen molar-refractivity contribution in [1.29, 1.82) is 0 Å². The summed E-state index contributed by atoms with van der Waals surface area (Å²) < 4.78 is 57.9. The number of rotatable bonds is 2. The molecule has 0 saturated carbocycles. The van der Waals surface area contributed by atoms with E-state index in [-0.39, 0.29) is 0 Å². The van der Waals surface area contributed by atoms with Gasteiger partial charge in [-0.1, -0.05) is 6.58 Å². The molecule has 0 aliphatic carbocycles. The van der Waals surface area contributed by atoms with Gasteiger partial charge in [0, 0.05) is 6.20 Å². The number of aliphatic hydroxyl groups excluding tert-OH is 2. The smallest absolute Gasteiger partial charge is 0.394 e. The van der Waals surface area contributed by atoms with E-state index in [0.717, 1.165) is 0 Å². The van der Waals surface area contributed by atoms with Gasteiger partial charge in [0.25, 0.3) is 0 Å². The standard InChI is InChI=1S/C11H13F4N3O4/c1-4-17-8(16)5(12)2-18(4)9-10(21,11(13,14)15)7(20)6(3-19)22-9/h2,6-7,9,19-21H,1,3H2,(H2,16,17)/t6-,7+,9-,10?/m1/s1. The molecule has 7 nitrogen and oxygen atoms in total. The molecule has 0 aromatic carbocycles. The third kappa shape index (κ3) is 2.26. The Labute approximate surface area is 121 Å². The largest absolute Gasteiger partial charge is 0.424 e. The Morgan fingerprint density at radius 1 is 1.50 bits per heavy atom. The molecule has 11 heteroatoms. The van der Waals surface area contributed by atoms with Crippen molar-refractivity contribution in [1.82, 2.24) is 4.90 Å². The van der Waals surface area contributed by atoms with Gasteiger partial charge in [-0.15, -0.1) is 0 Å². The summed E-state index contributed by atoms with van der Waals surface area (Å²) in [4.78, 5) is 3.85. The lowest BCUT2D eigenvalue weighted by atomic mass is 9.92. The third-order valence-electron chi connectivity index (χ3n) is 3.41. The number of aliphatic hydroxyl groups is 3. The number of amidine groups is 1. The first-order valence-corrected chi connectivity index (χ1v) is 5.96. The van der Waals surface area contributed by atoms with Gasteiger partial charge < -0.3 is 30.7 Å². The summed E-state index contributed by atoms with van der Waals surface area (Å²) in [7, 11) is 0. The van der Waals surface area contributed by atoms with Crippen molar-refractivity contribution in [2.45, 2.75) is 30.2 Å². The molecular weight excluding hydrogens is 314 g/mol. The SMILES string of the molecule is C=C1N=C(N)C(F)=CN1[C@@H]1O[C@H](CO)[C@H](O)C1(O)C(F)(F)F. The lowest BCUT2D eigenvalue weighted by molar-refractivity contribution is -0.305. The predicted octanol–water partition coefficient (Wildman–Crippen LogP) is -0.687. The molecule has 0 spiro atoms. The molecule has 1 saturated heterocycles. The van der Waals surface area contributed by atoms with Crippen molar-refractivity contribution in [3.05, 3.63) is 24.4 Å². The van der Waals surface area contributed by atoms with Crippen LogP contribution in [0.3, 0.4) is 0 Å². The zero-order chi connectivity index (χ0) is 16.9. The van der Waals surface area contributed by atoms with E-state index >= 15 is 0 Å². The van der Waals surface area contributed by atoms with Crippen LogP contribution in [0, 0.1) is 0 Å². The lowest BCUT2D eigenvalue weighted by Crippen LogP contribution is -2.63. The maximum absolute atomic E-state index is 13.5. The first-order valence-electron chi connectivity index (χ1n) is 5.96. The second-order valence-electron chi connectivity index (χ2n) is 4.77. The second-order valence-corrected chi connectivity index (χ2v) is 4.77. The molecule has 0 radical (unpaired) electrons. The lowest BCUT2D eigenvalue weighted by Gasteiger charge is -2.38. The summed E-state index contributed by atoms with van der Waals surface area (Å²) >= 11 is 0. The number of hydrogen-bond donors (Lipinski definition) is 4. The molecule has 2 aliphatic heterocycles. The Balaban J connectivity index is 2.47. The van der Waals surface area contributed by atoms with Crippen LogP contribution >= 0.6 is 0 Å². The highest BCUT2D eigenvalue weighted by Crippen LogP contribution is 2.46. The highest BCUT2D eigenvalue weighted by atomic mass is 19.4. The molecule has 0 amide bonds.